The van der Waals surface area contributed by atoms with E-state index in [1.54, 1.807) is 0 Å². The van der Waals surface area contributed by atoms with Crippen LogP contribution in [-0.4, -0.2) is 9.78 Å². The van der Waals surface area contributed by atoms with Gasteiger partial charge in [-0.1, -0.05) is 38.1 Å². The maximum absolute atomic E-state index is 4.45. The number of hydrogen-bond acceptors (Lipinski definition) is 1. The average molecular weight is 200 g/mol. The molecule has 0 saturated carbocycles. The van der Waals surface area contributed by atoms with Crippen molar-refractivity contribution in [2.45, 2.75) is 20.3 Å². The first-order valence-electron chi connectivity index (χ1n) is 5.45. The van der Waals surface area contributed by atoms with Gasteiger partial charge in [-0.25, -0.2) is 0 Å². The summed E-state index contributed by atoms with van der Waals surface area (Å²) in [6.45, 7) is 4.00. The van der Waals surface area contributed by atoms with Crippen molar-refractivity contribution in [1.82, 2.24) is 9.78 Å². The summed E-state index contributed by atoms with van der Waals surface area (Å²) in [5.74, 6) is 0. The third-order valence-corrected chi connectivity index (χ3v) is 2.56. The van der Waals surface area contributed by atoms with Crippen molar-refractivity contribution >= 4 is 0 Å². The van der Waals surface area contributed by atoms with Crippen molar-refractivity contribution in [2.24, 2.45) is 7.05 Å². The molecule has 1 aliphatic carbocycles. The molecule has 0 saturated heterocycles. The summed E-state index contributed by atoms with van der Waals surface area (Å²) in [7, 11) is 1.97. The van der Waals surface area contributed by atoms with Gasteiger partial charge >= 0.3 is 0 Å². The second-order valence-electron chi connectivity index (χ2n) is 3.51. The highest BCUT2D eigenvalue weighted by Crippen LogP contribution is 2.34. The van der Waals surface area contributed by atoms with Crippen LogP contribution in [0.4, 0.5) is 0 Å². The molecular formula is C13H16N2. The summed E-state index contributed by atoms with van der Waals surface area (Å²) in [6.07, 6.45) is 3.15. The minimum atomic E-state index is 1.04. The first kappa shape index (κ1) is 9.97. The fourth-order valence-electron chi connectivity index (χ4n) is 2.00. The number of rotatable bonds is 0. The number of nitrogens with zero attached hydrogens (tertiary/aromatic N) is 2. The molecule has 0 N–H and O–H groups in total. The molecule has 2 nitrogen and oxygen atoms in total. The molecule has 0 fully saturated rings. The van der Waals surface area contributed by atoms with Gasteiger partial charge in [0.1, 0.15) is 0 Å². The van der Waals surface area contributed by atoms with Crippen LogP contribution in [0.15, 0.2) is 30.5 Å². The Labute approximate surface area is 90.6 Å². The van der Waals surface area contributed by atoms with E-state index < -0.39 is 0 Å². The normalized spacial score (nSPS) is 11.4. The number of aromatic nitrogens is 2. The van der Waals surface area contributed by atoms with Gasteiger partial charge in [-0.3, -0.25) is 4.68 Å². The minimum Gasteiger partial charge on any atom is -0.275 e. The SMILES string of the molecule is CC.Cn1cc2c(n1)-c1ccccc1C2. The minimum absolute atomic E-state index is 1.04. The Morgan fingerprint density at radius 3 is 2.67 bits per heavy atom. The third kappa shape index (κ3) is 1.56. The summed E-state index contributed by atoms with van der Waals surface area (Å²) in [6, 6.07) is 8.48. The van der Waals surface area contributed by atoms with E-state index in [1.807, 2.05) is 25.6 Å². The Morgan fingerprint density at radius 1 is 1.13 bits per heavy atom. The lowest BCUT2D eigenvalue weighted by Crippen LogP contribution is -1.89. The Bertz CT molecular complexity index is 469. The molecule has 0 aliphatic heterocycles. The van der Waals surface area contributed by atoms with Crippen LogP contribution in [0.2, 0.25) is 0 Å². The Balaban J connectivity index is 0.000000404. The molecule has 15 heavy (non-hydrogen) atoms. The monoisotopic (exact) mass is 200 g/mol. The van der Waals surface area contributed by atoms with E-state index in [9.17, 15) is 0 Å². The molecule has 1 aliphatic rings. The van der Waals surface area contributed by atoms with Crippen molar-refractivity contribution in [3.05, 3.63) is 41.6 Å². The summed E-state index contributed by atoms with van der Waals surface area (Å²) >= 11 is 0. The largest absolute Gasteiger partial charge is 0.275 e. The summed E-state index contributed by atoms with van der Waals surface area (Å²) in [5, 5.41) is 4.45. The average Bonchev–Trinajstić information content (AvgIpc) is 2.77. The molecule has 1 heterocycles. The van der Waals surface area contributed by atoms with E-state index in [2.05, 4.69) is 35.6 Å². The fourth-order valence-corrected chi connectivity index (χ4v) is 2.00. The standard InChI is InChI=1S/C11H10N2.C2H6/c1-13-7-9-6-8-4-2-3-5-10(8)11(9)12-13;1-2/h2-5,7H,6H2,1H3;1-2H3. The molecule has 1 aromatic heterocycles. The summed E-state index contributed by atoms with van der Waals surface area (Å²) < 4.78 is 1.89. The van der Waals surface area contributed by atoms with Crippen LogP contribution in [0.5, 0.6) is 0 Å². The van der Waals surface area contributed by atoms with Crippen LogP contribution in [-0.2, 0) is 13.5 Å². The van der Waals surface area contributed by atoms with E-state index in [-0.39, 0.29) is 0 Å². The predicted octanol–water partition coefficient (Wildman–Crippen LogP) is 3.02. The highest BCUT2D eigenvalue weighted by molar-refractivity contribution is 5.72. The van der Waals surface area contributed by atoms with Crippen LogP contribution in [0, 0.1) is 0 Å². The quantitative estimate of drug-likeness (QED) is 0.545. The molecule has 0 bridgehead atoms. The summed E-state index contributed by atoms with van der Waals surface area (Å²) in [4.78, 5) is 0. The molecular weight excluding hydrogens is 184 g/mol. The number of hydrogen-bond donors (Lipinski definition) is 0. The fraction of sp³-hybridized carbons (Fsp3) is 0.308. The lowest BCUT2D eigenvalue weighted by molar-refractivity contribution is 0.768. The maximum Gasteiger partial charge on any atom is 0.0961 e. The van der Waals surface area contributed by atoms with Crippen molar-refractivity contribution in [3.63, 3.8) is 0 Å². The molecule has 78 valence electrons. The molecule has 2 heteroatoms. The Morgan fingerprint density at radius 2 is 1.87 bits per heavy atom. The lowest BCUT2D eigenvalue weighted by Gasteiger charge is -1.96. The van der Waals surface area contributed by atoms with Gasteiger partial charge in [-0.05, 0) is 5.56 Å². The van der Waals surface area contributed by atoms with Crippen molar-refractivity contribution in [2.75, 3.05) is 0 Å². The molecule has 0 radical (unpaired) electrons. The van der Waals surface area contributed by atoms with Crippen molar-refractivity contribution in [1.29, 1.82) is 0 Å². The zero-order valence-corrected chi connectivity index (χ0v) is 9.49. The highest BCUT2D eigenvalue weighted by atomic mass is 15.3. The maximum atomic E-state index is 4.45. The van der Waals surface area contributed by atoms with Gasteiger partial charge in [0.15, 0.2) is 0 Å². The van der Waals surface area contributed by atoms with Crippen molar-refractivity contribution in [3.8, 4) is 11.3 Å². The van der Waals surface area contributed by atoms with Gasteiger partial charge in [0, 0.05) is 30.8 Å². The van der Waals surface area contributed by atoms with Crippen LogP contribution in [0.3, 0.4) is 0 Å². The Kier molecular flexibility index (Phi) is 2.58. The zero-order valence-electron chi connectivity index (χ0n) is 9.49. The van der Waals surface area contributed by atoms with Gasteiger partial charge in [-0.15, -0.1) is 0 Å². The van der Waals surface area contributed by atoms with Crippen LogP contribution in [0.1, 0.15) is 25.0 Å². The topological polar surface area (TPSA) is 17.8 Å². The van der Waals surface area contributed by atoms with E-state index >= 15 is 0 Å². The van der Waals surface area contributed by atoms with Crippen LogP contribution >= 0.6 is 0 Å². The van der Waals surface area contributed by atoms with Gasteiger partial charge in [0.2, 0.25) is 0 Å². The molecule has 0 atom stereocenters. The second kappa shape index (κ2) is 3.89. The number of benzene rings is 1. The summed E-state index contributed by atoms with van der Waals surface area (Å²) in [5.41, 5.74) is 5.22. The zero-order chi connectivity index (χ0) is 10.8. The van der Waals surface area contributed by atoms with Gasteiger partial charge in [0.05, 0.1) is 5.69 Å². The third-order valence-electron chi connectivity index (χ3n) is 2.56. The molecule has 0 spiro atoms. The van der Waals surface area contributed by atoms with Crippen molar-refractivity contribution < 1.29 is 0 Å². The molecule has 3 rings (SSSR count). The van der Waals surface area contributed by atoms with Gasteiger partial charge in [0.25, 0.3) is 0 Å². The lowest BCUT2D eigenvalue weighted by atomic mass is 10.1. The van der Waals surface area contributed by atoms with E-state index in [4.69, 9.17) is 0 Å². The Hall–Kier alpha value is -1.57. The van der Waals surface area contributed by atoms with Gasteiger partial charge < -0.3 is 0 Å². The molecule has 0 amide bonds. The molecule has 1 aromatic carbocycles. The smallest absolute Gasteiger partial charge is 0.0961 e. The predicted molar refractivity (Wildman–Crippen MR) is 62.8 cm³/mol. The second-order valence-corrected chi connectivity index (χ2v) is 3.51. The van der Waals surface area contributed by atoms with E-state index in [0.717, 1.165) is 12.1 Å². The molecule has 0 unspecified atom stereocenters. The first-order chi connectivity index (χ1) is 7.34. The van der Waals surface area contributed by atoms with Gasteiger partial charge in [-0.2, -0.15) is 5.10 Å². The molecule has 2 aromatic rings. The number of fused-ring (bicyclic) bond motifs is 3. The first-order valence-corrected chi connectivity index (χ1v) is 5.45. The van der Waals surface area contributed by atoms with E-state index in [0.29, 0.717) is 0 Å². The van der Waals surface area contributed by atoms with Crippen LogP contribution in [0.25, 0.3) is 11.3 Å². The van der Waals surface area contributed by atoms with Crippen LogP contribution < -0.4 is 0 Å². The van der Waals surface area contributed by atoms with E-state index in [1.165, 1.54) is 16.7 Å². The number of aryl methyl sites for hydroxylation is 1. The highest BCUT2D eigenvalue weighted by Gasteiger charge is 2.20.